The smallest absolute Gasteiger partial charge is 0.251 e. The van der Waals surface area contributed by atoms with Crippen molar-refractivity contribution in [2.75, 3.05) is 6.54 Å². The summed E-state index contributed by atoms with van der Waals surface area (Å²) in [5.74, 6) is 0.630. The lowest BCUT2D eigenvalue weighted by molar-refractivity contribution is 0.0947. The second-order valence-electron chi connectivity index (χ2n) is 5.65. The van der Waals surface area contributed by atoms with Crippen molar-refractivity contribution in [2.45, 2.75) is 39.5 Å². The van der Waals surface area contributed by atoms with Gasteiger partial charge in [-0.05, 0) is 29.2 Å². The maximum atomic E-state index is 12.4. The fourth-order valence-electron chi connectivity index (χ4n) is 2.70. The van der Waals surface area contributed by atoms with Gasteiger partial charge in [-0.2, -0.15) is 0 Å². The van der Waals surface area contributed by atoms with Crippen molar-refractivity contribution in [1.29, 1.82) is 0 Å². The Labute approximate surface area is 127 Å². The predicted molar refractivity (Wildman–Crippen MR) is 89.6 cm³/mol. The van der Waals surface area contributed by atoms with E-state index in [4.69, 9.17) is 0 Å². The number of fused-ring (bicyclic) bond motifs is 1. The summed E-state index contributed by atoms with van der Waals surface area (Å²) in [6.07, 6.45) is 4.77. The standard InChI is InChI=1S/C19H25NO/c1-3-5-9-15(4-2)14-20-19(21)18-13-8-11-16-10-6-7-12-17(16)18/h6-8,10-13,15H,3-5,9,14H2,1-2H3,(H,20,21). The van der Waals surface area contributed by atoms with Gasteiger partial charge in [0.15, 0.2) is 0 Å². The Morgan fingerprint density at radius 2 is 1.86 bits per heavy atom. The molecule has 0 aromatic heterocycles. The van der Waals surface area contributed by atoms with Crippen LogP contribution in [0.1, 0.15) is 49.9 Å². The lowest BCUT2D eigenvalue weighted by Crippen LogP contribution is -2.29. The van der Waals surface area contributed by atoms with Crippen molar-refractivity contribution in [3.63, 3.8) is 0 Å². The maximum absolute atomic E-state index is 12.4. The molecular formula is C19H25NO. The van der Waals surface area contributed by atoms with Crippen LogP contribution >= 0.6 is 0 Å². The van der Waals surface area contributed by atoms with Crippen LogP contribution in [0.5, 0.6) is 0 Å². The second kappa shape index (κ2) is 7.82. The first-order chi connectivity index (χ1) is 10.3. The number of hydrogen-bond acceptors (Lipinski definition) is 1. The van der Waals surface area contributed by atoms with Gasteiger partial charge >= 0.3 is 0 Å². The molecule has 0 fully saturated rings. The molecule has 0 bridgehead atoms. The molecule has 2 heteroatoms. The highest BCUT2D eigenvalue weighted by Gasteiger charge is 2.12. The van der Waals surface area contributed by atoms with Gasteiger partial charge in [-0.3, -0.25) is 4.79 Å². The van der Waals surface area contributed by atoms with Gasteiger partial charge in [0.1, 0.15) is 0 Å². The maximum Gasteiger partial charge on any atom is 0.251 e. The average Bonchev–Trinajstić information content (AvgIpc) is 2.54. The topological polar surface area (TPSA) is 29.1 Å². The fraction of sp³-hybridized carbons (Fsp3) is 0.421. The highest BCUT2D eigenvalue weighted by Crippen LogP contribution is 2.18. The number of carbonyl (C=O) groups is 1. The Balaban J connectivity index is 2.05. The van der Waals surface area contributed by atoms with E-state index in [1.165, 1.54) is 19.3 Å². The molecule has 0 saturated heterocycles. The summed E-state index contributed by atoms with van der Waals surface area (Å²) in [5.41, 5.74) is 0.776. The highest BCUT2D eigenvalue weighted by molar-refractivity contribution is 6.06. The van der Waals surface area contributed by atoms with E-state index < -0.39 is 0 Å². The average molecular weight is 283 g/mol. The van der Waals surface area contributed by atoms with Gasteiger partial charge in [0.05, 0.1) is 0 Å². The molecule has 0 heterocycles. The molecule has 0 aliphatic rings. The lowest BCUT2D eigenvalue weighted by Gasteiger charge is -2.15. The van der Waals surface area contributed by atoms with E-state index >= 15 is 0 Å². The number of unbranched alkanes of at least 4 members (excludes halogenated alkanes) is 1. The second-order valence-corrected chi connectivity index (χ2v) is 5.65. The first-order valence-electron chi connectivity index (χ1n) is 8.02. The first-order valence-corrected chi connectivity index (χ1v) is 8.02. The fourth-order valence-corrected chi connectivity index (χ4v) is 2.70. The van der Waals surface area contributed by atoms with Crippen molar-refractivity contribution in [1.82, 2.24) is 5.32 Å². The Morgan fingerprint density at radius 1 is 1.10 bits per heavy atom. The summed E-state index contributed by atoms with van der Waals surface area (Å²) >= 11 is 0. The Bertz CT molecular complexity index is 586. The monoisotopic (exact) mass is 283 g/mol. The summed E-state index contributed by atoms with van der Waals surface area (Å²) in [5, 5.41) is 5.25. The van der Waals surface area contributed by atoms with Crippen molar-refractivity contribution in [3.05, 3.63) is 48.0 Å². The molecule has 0 aliphatic heterocycles. The van der Waals surface area contributed by atoms with Gasteiger partial charge in [-0.15, -0.1) is 0 Å². The summed E-state index contributed by atoms with van der Waals surface area (Å²) in [6.45, 7) is 5.18. The number of amides is 1. The normalized spacial score (nSPS) is 12.3. The summed E-state index contributed by atoms with van der Waals surface area (Å²) in [6, 6.07) is 13.9. The third-order valence-corrected chi connectivity index (χ3v) is 4.13. The van der Waals surface area contributed by atoms with Crippen LogP contribution in [0.2, 0.25) is 0 Å². The largest absolute Gasteiger partial charge is 0.352 e. The lowest BCUT2D eigenvalue weighted by atomic mass is 9.99. The molecule has 2 aromatic carbocycles. The van der Waals surface area contributed by atoms with Crippen molar-refractivity contribution >= 4 is 16.7 Å². The zero-order chi connectivity index (χ0) is 15.1. The number of benzene rings is 2. The third-order valence-electron chi connectivity index (χ3n) is 4.13. The highest BCUT2D eigenvalue weighted by atomic mass is 16.1. The van der Waals surface area contributed by atoms with E-state index in [1.54, 1.807) is 0 Å². The van der Waals surface area contributed by atoms with Gasteiger partial charge in [-0.25, -0.2) is 0 Å². The van der Waals surface area contributed by atoms with Gasteiger partial charge in [0, 0.05) is 12.1 Å². The number of rotatable bonds is 7. The molecule has 2 nitrogen and oxygen atoms in total. The van der Waals surface area contributed by atoms with E-state index in [2.05, 4.69) is 19.2 Å². The molecular weight excluding hydrogens is 258 g/mol. The molecule has 1 amide bonds. The molecule has 0 aliphatic carbocycles. The van der Waals surface area contributed by atoms with Crippen molar-refractivity contribution < 1.29 is 4.79 Å². The minimum absolute atomic E-state index is 0.0433. The van der Waals surface area contributed by atoms with E-state index in [-0.39, 0.29) is 5.91 Å². The molecule has 21 heavy (non-hydrogen) atoms. The predicted octanol–water partition coefficient (Wildman–Crippen LogP) is 4.79. The number of carbonyl (C=O) groups excluding carboxylic acids is 1. The zero-order valence-electron chi connectivity index (χ0n) is 13.1. The SMILES string of the molecule is CCCCC(CC)CNC(=O)c1cccc2ccccc12. The Morgan fingerprint density at radius 3 is 2.62 bits per heavy atom. The molecule has 2 aromatic rings. The van der Waals surface area contributed by atoms with Crippen LogP contribution in [-0.2, 0) is 0 Å². The van der Waals surface area contributed by atoms with Crippen molar-refractivity contribution in [2.24, 2.45) is 5.92 Å². The van der Waals surface area contributed by atoms with Gasteiger partial charge in [-0.1, -0.05) is 69.5 Å². The zero-order valence-corrected chi connectivity index (χ0v) is 13.1. The van der Waals surface area contributed by atoms with Crippen LogP contribution in [0, 0.1) is 5.92 Å². The minimum Gasteiger partial charge on any atom is -0.352 e. The number of hydrogen-bond donors (Lipinski definition) is 1. The quantitative estimate of drug-likeness (QED) is 0.778. The van der Waals surface area contributed by atoms with Crippen LogP contribution in [0.15, 0.2) is 42.5 Å². The van der Waals surface area contributed by atoms with Crippen LogP contribution in [0.3, 0.4) is 0 Å². The molecule has 1 unspecified atom stereocenters. The Hall–Kier alpha value is -1.83. The molecule has 1 atom stereocenters. The third kappa shape index (κ3) is 4.07. The minimum atomic E-state index is 0.0433. The molecule has 2 rings (SSSR count). The first kappa shape index (κ1) is 15.6. The van der Waals surface area contributed by atoms with Gasteiger partial charge in [0.2, 0.25) is 0 Å². The number of nitrogens with one attached hydrogen (secondary N) is 1. The molecule has 0 saturated carbocycles. The van der Waals surface area contributed by atoms with E-state index in [0.717, 1.165) is 29.3 Å². The van der Waals surface area contributed by atoms with Crippen LogP contribution < -0.4 is 5.32 Å². The molecule has 1 N–H and O–H groups in total. The Kier molecular flexibility index (Phi) is 5.79. The van der Waals surface area contributed by atoms with Gasteiger partial charge < -0.3 is 5.32 Å². The van der Waals surface area contributed by atoms with Crippen LogP contribution in [-0.4, -0.2) is 12.5 Å². The van der Waals surface area contributed by atoms with E-state index in [1.807, 2.05) is 42.5 Å². The van der Waals surface area contributed by atoms with Gasteiger partial charge in [0.25, 0.3) is 5.91 Å². The summed E-state index contributed by atoms with van der Waals surface area (Å²) < 4.78 is 0. The van der Waals surface area contributed by atoms with E-state index in [0.29, 0.717) is 5.92 Å². The summed E-state index contributed by atoms with van der Waals surface area (Å²) in [7, 11) is 0. The molecule has 112 valence electrons. The summed E-state index contributed by atoms with van der Waals surface area (Å²) in [4.78, 5) is 12.4. The van der Waals surface area contributed by atoms with E-state index in [9.17, 15) is 4.79 Å². The van der Waals surface area contributed by atoms with Crippen LogP contribution in [0.25, 0.3) is 10.8 Å². The van der Waals surface area contributed by atoms with Crippen molar-refractivity contribution in [3.8, 4) is 0 Å². The molecule has 0 radical (unpaired) electrons. The van der Waals surface area contributed by atoms with Crippen LogP contribution in [0.4, 0.5) is 0 Å². The molecule has 0 spiro atoms.